The number of para-hydroxylation sites is 1. The number of aromatic nitrogens is 3. The molecular weight excluding hydrogens is 362 g/mol. The van der Waals surface area contributed by atoms with Crippen LogP contribution in [0.15, 0.2) is 41.8 Å². The first-order valence-corrected chi connectivity index (χ1v) is 10.2. The number of guanidine groups is 1. The van der Waals surface area contributed by atoms with Gasteiger partial charge in [0.05, 0.1) is 12.2 Å². The van der Waals surface area contributed by atoms with E-state index in [-0.39, 0.29) is 6.04 Å². The summed E-state index contributed by atoms with van der Waals surface area (Å²) in [6.07, 6.45) is 8.09. The van der Waals surface area contributed by atoms with Crippen molar-refractivity contribution in [2.45, 2.75) is 25.8 Å². The van der Waals surface area contributed by atoms with Crippen molar-refractivity contribution < 1.29 is 0 Å². The van der Waals surface area contributed by atoms with E-state index < -0.39 is 0 Å². The summed E-state index contributed by atoms with van der Waals surface area (Å²) in [7, 11) is 7.91. The molecular formula is C22H33N7. The monoisotopic (exact) mass is 395 g/mol. The van der Waals surface area contributed by atoms with Crippen LogP contribution in [0, 0.1) is 0 Å². The van der Waals surface area contributed by atoms with Gasteiger partial charge in [-0.3, -0.25) is 9.67 Å². The lowest BCUT2D eigenvalue weighted by atomic mass is 10.1. The van der Waals surface area contributed by atoms with Gasteiger partial charge in [0.1, 0.15) is 0 Å². The molecule has 3 N–H and O–H groups in total. The van der Waals surface area contributed by atoms with Crippen LogP contribution in [0.1, 0.15) is 29.7 Å². The second kappa shape index (κ2) is 9.60. The summed E-state index contributed by atoms with van der Waals surface area (Å²) in [6.45, 7) is 3.77. The Morgan fingerprint density at radius 1 is 1.28 bits per heavy atom. The first kappa shape index (κ1) is 20.9. The molecule has 0 aliphatic rings. The standard InChI is InChI=1S/C22H33N7/c1-6-16-8-7-9-19-17(12-25-21(16)19)10-11-24-22(23-2)26-14-20(28(3)4)18-13-27-29(5)15-18/h7-9,12-13,15,20,25H,6,10-11,14H2,1-5H3,(H2,23,24,26). The average Bonchev–Trinajstić information content (AvgIpc) is 3.32. The minimum atomic E-state index is 0.225. The Bertz CT molecular complexity index is 951. The number of hydrogen-bond donors (Lipinski definition) is 3. The molecule has 1 atom stereocenters. The summed E-state index contributed by atoms with van der Waals surface area (Å²) in [5.74, 6) is 0.815. The molecule has 0 aliphatic heterocycles. The van der Waals surface area contributed by atoms with Crippen LogP contribution in [0.2, 0.25) is 0 Å². The highest BCUT2D eigenvalue weighted by atomic mass is 15.3. The molecule has 1 aromatic carbocycles. The number of aliphatic imine (C=N–C) groups is 1. The molecule has 0 radical (unpaired) electrons. The Morgan fingerprint density at radius 3 is 2.76 bits per heavy atom. The van der Waals surface area contributed by atoms with Crippen molar-refractivity contribution in [2.24, 2.45) is 12.0 Å². The van der Waals surface area contributed by atoms with Crippen molar-refractivity contribution in [3.63, 3.8) is 0 Å². The lowest BCUT2D eigenvalue weighted by molar-refractivity contribution is 0.298. The third-order valence-corrected chi connectivity index (χ3v) is 5.37. The first-order chi connectivity index (χ1) is 14.0. The lowest BCUT2D eigenvalue weighted by Crippen LogP contribution is -2.42. The summed E-state index contributed by atoms with van der Waals surface area (Å²) in [5.41, 5.74) is 5.15. The van der Waals surface area contributed by atoms with Crippen LogP contribution in [0.5, 0.6) is 0 Å². The summed E-state index contributed by atoms with van der Waals surface area (Å²) in [5, 5.41) is 12.5. The zero-order chi connectivity index (χ0) is 20.8. The van der Waals surface area contributed by atoms with Crippen molar-refractivity contribution in [1.82, 2.24) is 30.3 Å². The van der Waals surface area contributed by atoms with Gasteiger partial charge in [-0.1, -0.05) is 25.1 Å². The number of aromatic amines is 1. The third kappa shape index (κ3) is 4.98. The molecule has 2 heterocycles. The number of H-pyrrole nitrogens is 1. The van der Waals surface area contributed by atoms with Gasteiger partial charge in [0.25, 0.3) is 0 Å². The number of hydrogen-bond acceptors (Lipinski definition) is 3. The Balaban J connectivity index is 1.56. The third-order valence-electron chi connectivity index (χ3n) is 5.37. The summed E-state index contributed by atoms with van der Waals surface area (Å²) in [4.78, 5) is 10.0. The highest BCUT2D eigenvalue weighted by Gasteiger charge is 2.16. The molecule has 0 aliphatic carbocycles. The molecule has 3 aromatic rings. The van der Waals surface area contributed by atoms with E-state index in [4.69, 9.17) is 0 Å². The number of nitrogens with one attached hydrogen (secondary N) is 3. The van der Waals surface area contributed by atoms with Gasteiger partial charge in [-0.15, -0.1) is 0 Å². The Morgan fingerprint density at radius 2 is 2.10 bits per heavy atom. The quantitative estimate of drug-likeness (QED) is 0.405. The maximum atomic E-state index is 4.37. The fourth-order valence-corrected chi connectivity index (χ4v) is 3.72. The van der Waals surface area contributed by atoms with Gasteiger partial charge in [-0.25, -0.2) is 0 Å². The average molecular weight is 396 g/mol. The van der Waals surface area contributed by atoms with Crippen LogP contribution < -0.4 is 10.6 Å². The van der Waals surface area contributed by atoms with Crippen LogP contribution in [0.3, 0.4) is 0 Å². The summed E-state index contributed by atoms with van der Waals surface area (Å²) >= 11 is 0. The fourth-order valence-electron chi connectivity index (χ4n) is 3.72. The number of benzene rings is 1. The van der Waals surface area contributed by atoms with Crippen molar-refractivity contribution in [3.05, 3.63) is 53.5 Å². The number of nitrogens with zero attached hydrogens (tertiary/aromatic N) is 4. The van der Waals surface area contributed by atoms with Crippen molar-refractivity contribution >= 4 is 16.9 Å². The smallest absolute Gasteiger partial charge is 0.191 e. The zero-order valence-corrected chi connectivity index (χ0v) is 18.2. The van der Waals surface area contributed by atoms with Crippen LogP contribution in [-0.4, -0.2) is 59.9 Å². The van der Waals surface area contributed by atoms with Gasteiger partial charge in [0.2, 0.25) is 0 Å². The summed E-state index contributed by atoms with van der Waals surface area (Å²) < 4.78 is 1.84. The van der Waals surface area contributed by atoms with E-state index in [1.165, 1.54) is 27.6 Å². The molecule has 0 saturated carbocycles. The minimum absolute atomic E-state index is 0.225. The Hall–Kier alpha value is -2.80. The largest absolute Gasteiger partial charge is 0.361 e. The molecule has 0 fully saturated rings. The molecule has 0 spiro atoms. The topological polar surface area (TPSA) is 73.3 Å². The Kier molecular flexibility index (Phi) is 6.93. The molecule has 0 bridgehead atoms. The van der Waals surface area contributed by atoms with E-state index in [9.17, 15) is 0 Å². The predicted octanol–water partition coefficient (Wildman–Crippen LogP) is 2.47. The lowest BCUT2D eigenvalue weighted by Gasteiger charge is -2.24. The second-order valence-corrected chi connectivity index (χ2v) is 7.56. The Labute approximate surface area is 173 Å². The molecule has 3 rings (SSSR count). The number of aryl methyl sites for hydroxylation is 2. The van der Waals surface area contributed by atoms with E-state index in [0.29, 0.717) is 0 Å². The van der Waals surface area contributed by atoms with Gasteiger partial charge in [-0.2, -0.15) is 5.10 Å². The van der Waals surface area contributed by atoms with Crippen LogP contribution >= 0.6 is 0 Å². The predicted molar refractivity (Wildman–Crippen MR) is 120 cm³/mol. The van der Waals surface area contributed by atoms with Crippen LogP contribution in [-0.2, 0) is 19.9 Å². The highest BCUT2D eigenvalue weighted by molar-refractivity contribution is 5.86. The zero-order valence-electron chi connectivity index (χ0n) is 18.2. The fraction of sp³-hybridized carbons (Fsp3) is 0.455. The highest BCUT2D eigenvalue weighted by Crippen LogP contribution is 2.22. The van der Waals surface area contributed by atoms with E-state index in [1.807, 2.05) is 25.0 Å². The molecule has 156 valence electrons. The van der Waals surface area contributed by atoms with E-state index in [1.54, 1.807) is 0 Å². The van der Waals surface area contributed by atoms with Gasteiger partial charge in [0, 0.05) is 56.0 Å². The number of likely N-dealkylation sites (N-methyl/N-ethyl adjacent to an activating group) is 1. The minimum Gasteiger partial charge on any atom is -0.361 e. The van der Waals surface area contributed by atoms with E-state index in [2.05, 4.69) is 82.2 Å². The molecule has 0 amide bonds. The van der Waals surface area contributed by atoms with Crippen molar-refractivity contribution in [3.8, 4) is 0 Å². The van der Waals surface area contributed by atoms with Crippen LogP contribution in [0.25, 0.3) is 10.9 Å². The molecule has 7 nitrogen and oxygen atoms in total. The second-order valence-electron chi connectivity index (χ2n) is 7.56. The normalized spacial score (nSPS) is 13.2. The molecule has 29 heavy (non-hydrogen) atoms. The van der Waals surface area contributed by atoms with Crippen LogP contribution in [0.4, 0.5) is 0 Å². The molecule has 0 saturated heterocycles. The van der Waals surface area contributed by atoms with Crippen molar-refractivity contribution in [2.75, 3.05) is 34.2 Å². The van der Waals surface area contributed by atoms with E-state index in [0.717, 1.165) is 31.9 Å². The number of fused-ring (bicyclic) bond motifs is 1. The van der Waals surface area contributed by atoms with Gasteiger partial charge >= 0.3 is 0 Å². The van der Waals surface area contributed by atoms with Gasteiger partial charge in [-0.05, 0) is 38.1 Å². The van der Waals surface area contributed by atoms with E-state index >= 15 is 0 Å². The van der Waals surface area contributed by atoms with Gasteiger partial charge < -0.3 is 20.5 Å². The summed E-state index contributed by atoms with van der Waals surface area (Å²) in [6, 6.07) is 6.76. The SMILES string of the molecule is CCc1cccc2c(CCNC(=NC)NCC(c3cnn(C)c3)N(C)C)c[nH]c12. The van der Waals surface area contributed by atoms with Crippen molar-refractivity contribution in [1.29, 1.82) is 0 Å². The maximum absolute atomic E-state index is 4.37. The number of rotatable bonds is 8. The first-order valence-electron chi connectivity index (χ1n) is 10.2. The maximum Gasteiger partial charge on any atom is 0.191 e. The van der Waals surface area contributed by atoms with Gasteiger partial charge in [0.15, 0.2) is 5.96 Å². The molecule has 1 unspecified atom stereocenters. The molecule has 2 aromatic heterocycles. The molecule has 7 heteroatoms.